The third-order valence-electron chi connectivity index (χ3n) is 3.46. The van der Waals surface area contributed by atoms with E-state index in [0.29, 0.717) is 12.1 Å². The van der Waals surface area contributed by atoms with Crippen molar-refractivity contribution in [2.24, 2.45) is 0 Å². The maximum absolute atomic E-state index is 4.56. The summed E-state index contributed by atoms with van der Waals surface area (Å²) in [6.07, 6.45) is 2.01. The second-order valence-corrected chi connectivity index (χ2v) is 6.51. The van der Waals surface area contributed by atoms with Crippen LogP contribution in [0.1, 0.15) is 25.6 Å². The predicted octanol–water partition coefficient (Wildman–Crippen LogP) is 1.78. The van der Waals surface area contributed by atoms with Crippen LogP contribution >= 0.6 is 11.3 Å². The van der Waals surface area contributed by atoms with Crippen LogP contribution in [0.25, 0.3) is 0 Å². The van der Waals surface area contributed by atoms with Crippen molar-refractivity contribution in [1.29, 1.82) is 0 Å². The predicted molar refractivity (Wildman–Crippen MR) is 78.4 cm³/mol. The van der Waals surface area contributed by atoms with Crippen molar-refractivity contribution in [1.82, 2.24) is 15.2 Å². The molecular formula is C13H24N4S. The molecule has 1 aromatic rings. The number of thiazole rings is 1. The van der Waals surface area contributed by atoms with Gasteiger partial charge >= 0.3 is 0 Å². The lowest BCUT2D eigenvalue weighted by molar-refractivity contribution is 0.234. The normalized spacial score (nSPS) is 21.8. The molecule has 1 atom stereocenters. The number of aromatic nitrogens is 1. The van der Waals surface area contributed by atoms with Gasteiger partial charge in [-0.25, -0.2) is 4.98 Å². The number of piperazine rings is 1. The third kappa shape index (κ3) is 3.43. The molecule has 0 aromatic carbocycles. The number of likely N-dealkylation sites (N-methyl/N-ethyl adjacent to an activating group) is 1. The molecule has 18 heavy (non-hydrogen) atoms. The monoisotopic (exact) mass is 268 g/mol. The van der Waals surface area contributed by atoms with Crippen LogP contribution in [0.3, 0.4) is 0 Å². The molecule has 0 aliphatic carbocycles. The molecule has 5 heteroatoms. The highest BCUT2D eigenvalue weighted by Crippen LogP contribution is 2.24. The van der Waals surface area contributed by atoms with Crippen LogP contribution in [0.2, 0.25) is 0 Å². The lowest BCUT2D eigenvalue weighted by Gasteiger charge is -2.37. The van der Waals surface area contributed by atoms with E-state index in [4.69, 9.17) is 0 Å². The molecule has 0 bridgehead atoms. The zero-order valence-corrected chi connectivity index (χ0v) is 12.6. The first-order valence-electron chi connectivity index (χ1n) is 6.69. The summed E-state index contributed by atoms with van der Waals surface area (Å²) in [5.74, 6) is 0. The summed E-state index contributed by atoms with van der Waals surface area (Å²) >= 11 is 1.82. The molecule has 1 aromatic heterocycles. The second kappa shape index (κ2) is 5.99. The van der Waals surface area contributed by atoms with Crippen LogP contribution in [-0.4, -0.2) is 48.6 Å². The Morgan fingerprint density at radius 2 is 2.28 bits per heavy atom. The largest absolute Gasteiger partial charge is 0.345 e. The van der Waals surface area contributed by atoms with Crippen LogP contribution in [0.5, 0.6) is 0 Å². The maximum Gasteiger partial charge on any atom is 0.185 e. The quantitative estimate of drug-likeness (QED) is 0.902. The highest BCUT2D eigenvalue weighted by Gasteiger charge is 2.22. The van der Waals surface area contributed by atoms with Gasteiger partial charge in [-0.2, -0.15) is 0 Å². The molecule has 0 amide bonds. The van der Waals surface area contributed by atoms with Crippen molar-refractivity contribution in [3.63, 3.8) is 0 Å². The zero-order chi connectivity index (χ0) is 13.1. The van der Waals surface area contributed by atoms with Crippen molar-refractivity contribution >= 4 is 16.5 Å². The Morgan fingerprint density at radius 3 is 2.94 bits per heavy atom. The van der Waals surface area contributed by atoms with Gasteiger partial charge in [0.05, 0.1) is 0 Å². The standard InChI is InChI=1S/C13H24N4S/c1-10(2)14-7-12-8-15-13(18-12)17-6-5-16(4)11(3)9-17/h8,10-11,14H,5-7,9H2,1-4H3. The summed E-state index contributed by atoms with van der Waals surface area (Å²) in [5.41, 5.74) is 0. The Bertz CT molecular complexity index is 377. The fourth-order valence-corrected chi connectivity index (χ4v) is 2.95. The van der Waals surface area contributed by atoms with E-state index in [1.54, 1.807) is 0 Å². The Hall–Kier alpha value is -0.650. The van der Waals surface area contributed by atoms with Gasteiger partial charge in [-0.3, -0.25) is 0 Å². The SMILES string of the molecule is CC(C)NCc1cnc(N2CCN(C)C(C)C2)s1. The van der Waals surface area contributed by atoms with E-state index in [1.807, 2.05) is 17.5 Å². The lowest BCUT2D eigenvalue weighted by Crippen LogP contribution is -2.50. The van der Waals surface area contributed by atoms with Crippen molar-refractivity contribution in [3.8, 4) is 0 Å². The van der Waals surface area contributed by atoms with E-state index in [2.05, 4.69) is 47.9 Å². The molecule has 2 rings (SSSR count). The fourth-order valence-electron chi connectivity index (χ4n) is 2.05. The molecule has 102 valence electrons. The molecule has 1 saturated heterocycles. The molecule has 0 radical (unpaired) electrons. The van der Waals surface area contributed by atoms with Crippen LogP contribution in [0, 0.1) is 0 Å². The molecule has 1 unspecified atom stereocenters. The van der Waals surface area contributed by atoms with Gasteiger partial charge in [0.25, 0.3) is 0 Å². The Kier molecular flexibility index (Phi) is 4.59. The molecule has 1 aliphatic rings. The minimum Gasteiger partial charge on any atom is -0.345 e. The highest BCUT2D eigenvalue weighted by molar-refractivity contribution is 7.15. The van der Waals surface area contributed by atoms with Crippen LogP contribution < -0.4 is 10.2 Å². The smallest absolute Gasteiger partial charge is 0.185 e. The summed E-state index contributed by atoms with van der Waals surface area (Å²) in [7, 11) is 2.20. The van der Waals surface area contributed by atoms with E-state index in [-0.39, 0.29) is 0 Å². The summed E-state index contributed by atoms with van der Waals surface area (Å²) in [6, 6.07) is 1.14. The van der Waals surface area contributed by atoms with E-state index in [1.165, 1.54) is 10.0 Å². The number of nitrogens with zero attached hydrogens (tertiary/aromatic N) is 3. The Morgan fingerprint density at radius 1 is 1.50 bits per heavy atom. The Labute approximate surface area is 114 Å². The molecular weight excluding hydrogens is 244 g/mol. The van der Waals surface area contributed by atoms with Crippen molar-refractivity contribution in [2.45, 2.75) is 39.4 Å². The van der Waals surface area contributed by atoms with Gasteiger partial charge in [0.2, 0.25) is 0 Å². The summed E-state index contributed by atoms with van der Waals surface area (Å²) in [6.45, 7) is 10.8. The number of nitrogens with one attached hydrogen (secondary N) is 1. The van der Waals surface area contributed by atoms with Gasteiger partial charge in [0.1, 0.15) is 0 Å². The summed E-state index contributed by atoms with van der Waals surface area (Å²) in [4.78, 5) is 10.7. The van der Waals surface area contributed by atoms with Crippen molar-refractivity contribution in [3.05, 3.63) is 11.1 Å². The lowest BCUT2D eigenvalue weighted by atomic mass is 10.2. The third-order valence-corrected chi connectivity index (χ3v) is 4.51. The molecule has 4 nitrogen and oxygen atoms in total. The van der Waals surface area contributed by atoms with Crippen LogP contribution in [-0.2, 0) is 6.54 Å². The number of anilines is 1. The average molecular weight is 268 g/mol. The first-order valence-corrected chi connectivity index (χ1v) is 7.51. The van der Waals surface area contributed by atoms with E-state index < -0.39 is 0 Å². The first-order chi connectivity index (χ1) is 8.56. The van der Waals surface area contributed by atoms with Crippen molar-refractivity contribution < 1.29 is 0 Å². The van der Waals surface area contributed by atoms with E-state index in [0.717, 1.165) is 26.2 Å². The van der Waals surface area contributed by atoms with Gasteiger partial charge in [-0.05, 0) is 14.0 Å². The zero-order valence-electron chi connectivity index (χ0n) is 11.8. The Balaban J connectivity index is 1.93. The van der Waals surface area contributed by atoms with Gasteiger partial charge in [-0.15, -0.1) is 11.3 Å². The molecule has 1 fully saturated rings. The van der Waals surface area contributed by atoms with E-state index >= 15 is 0 Å². The number of hydrogen-bond acceptors (Lipinski definition) is 5. The van der Waals surface area contributed by atoms with Crippen LogP contribution in [0.15, 0.2) is 6.20 Å². The molecule has 1 aliphatic heterocycles. The second-order valence-electron chi connectivity index (χ2n) is 5.42. The minimum absolute atomic E-state index is 0.527. The van der Waals surface area contributed by atoms with Crippen molar-refractivity contribution in [2.75, 3.05) is 31.6 Å². The topological polar surface area (TPSA) is 31.4 Å². The van der Waals surface area contributed by atoms with Gasteiger partial charge in [-0.1, -0.05) is 13.8 Å². The summed E-state index contributed by atoms with van der Waals surface area (Å²) < 4.78 is 0. The van der Waals surface area contributed by atoms with Gasteiger partial charge in [0, 0.05) is 49.3 Å². The fraction of sp³-hybridized carbons (Fsp3) is 0.769. The van der Waals surface area contributed by atoms with E-state index in [9.17, 15) is 0 Å². The number of rotatable bonds is 4. The van der Waals surface area contributed by atoms with Gasteiger partial charge < -0.3 is 15.1 Å². The minimum atomic E-state index is 0.527. The maximum atomic E-state index is 4.56. The first kappa shape index (κ1) is 13.8. The highest BCUT2D eigenvalue weighted by atomic mass is 32.1. The molecule has 0 spiro atoms. The van der Waals surface area contributed by atoms with Gasteiger partial charge in [0.15, 0.2) is 5.13 Å². The average Bonchev–Trinajstić information content (AvgIpc) is 2.79. The van der Waals surface area contributed by atoms with Crippen LogP contribution in [0.4, 0.5) is 5.13 Å². The molecule has 1 N–H and O–H groups in total. The number of hydrogen-bond donors (Lipinski definition) is 1. The summed E-state index contributed by atoms with van der Waals surface area (Å²) in [5, 5.41) is 4.61. The molecule has 0 saturated carbocycles. The molecule has 2 heterocycles.